The Morgan fingerprint density at radius 1 is 1.23 bits per heavy atom. The summed E-state index contributed by atoms with van der Waals surface area (Å²) in [5.41, 5.74) is -0.534. The first-order valence-corrected chi connectivity index (χ1v) is 9.64. The van der Waals surface area contributed by atoms with Crippen molar-refractivity contribution in [2.45, 2.75) is 32.9 Å². The van der Waals surface area contributed by atoms with Crippen LogP contribution < -0.4 is 5.43 Å². The normalized spacial score (nSPS) is 11.7. The Bertz CT molecular complexity index is 1180. The average Bonchev–Trinajstić information content (AvgIpc) is 3.12. The van der Waals surface area contributed by atoms with Crippen LogP contribution in [0.1, 0.15) is 35.6 Å². The van der Waals surface area contributed by atoms with Crippen molar-refractivity contribution in [3.8, 4) is 11.3 Å². The molecule has 0 aliphatic rings. The first kappa shape index (κ1) is 22.0. The van der Waals surface area contributed by atoms with E-state index in [4.69, 9.17) is 23.2 Å². The molecule has 0 amide bonds. The van der Waals surface area contributed by atoms with Gasteiger partial charge in [-0.05, 0) is 19.1 Å². The zero-order valence-electron chi connectivity index (χ0n) is 16.0. The highest BCUT2D eigenvalue weighted by molar-refractivity contribution is 6.42. The molecule has 6 nitrogen and oxygen atoms in total. The number of carboxylic acid groups (broad SMARTS) is 1. The number of carboxylic acids is 1. The van der Waals surface area contributed by atoms with Crippen LogP contribution in [0.3, 0.4) is 0 Å². The fourth-order valence-electron chi connectivity index (χ4n) is 3.20. The SMILES string of the molecule is CCn1c(Cn2cnc(C(C)(F)F)c2)cc(=O)c(C(=O)O)c1-c1ccc(Cl)c(Cl)c1. The minimum absolute atomic E-state index is 0.0420. The lowest BCUT2D eigenvalue weighted by Gasteiger charge is -2.20. The van der Waals surface area contributed by atoms with E-state index in [1.807, 2.05) is 0 Å². The minimum Gasteiger partial charge on any atom is -0.477 e. The molecule has 0 fully saturated rings. The Hall–Kier alpha value is -2.71. The molecule has 0 saturated heterocycles. The standard InChI is InChI=1S/C20H17Cl2F2N3O3/c1-3-27-12(8-26-9-16(25-10-26)20(2,23)24)7-15(28)17(19(29)30)18(27)11-4-5-13(21)14(22)6-11/h4-7,9-10H,3,8H2,1-2H3,(H,29,30). The zero-order valence-corrected chi connectivity index (χ0v) is 17.5. The number of hydrogen-bond donors (Lipinski definition) is 1. The van der Waals surface area contributed by atoms with Gasteiger partial charge in [-0.15, -0.1) is 0 Å². The van der Waals surface area contributed by atoms with Crippen LogP contribution in [0.25, 0.3) is 11.3 Å². The van der Waals surface area contributed by atoms with Crippen molar-refractivity contribution >= 4 is 29.2 Å². The molecule has 1 N–H and O–H groups in total. The molecule has 1 aromatic carbocycles. The lowest BCUT2D eigenvalue weighted by atomic mass is 10.0. The van der Waals surface area contributed by atoms with Gasteiger partial charge >= 0.3 is 5.97 Å². The second kappa shape index (κ2) is 8.20. The predicted octanol–water partition coefficient (Wildman–Crippen LogP) is 4.90. The van der Waals surface area contributed by atoms with E-state index >= 15 is 0 Å². The van der Waals surface area contributed by atoms with E-state index in [0.717, 1.165) is 6.92 Å². The summed E-state index contributed by atoms with van der Waals surface area (Å²) in [5, 5.41) is 10.1. The molecule has 0 aliphatic heterocycles. The maximum absolute atomic E-state index is 13.5. The van der Waals surface area contributed by atoms with Gasteiger partial charge in [0.25, 0.3) is 5.92 Å². The van der Waals surface area contributed by atoms with Crippen LogP contribution in [0.2, 0.25) is 10.0 Å². The smallest absolute Gasteiger partial charge is 0.341 e. The molecule has 0 saturated carbocycles. The van der Waals surface area contributed by atoms with E-state index in [9.17, 15) is 23.5 Å². The molecule has 2 heterocycles. The van der Waals surface area contributed by atoms with Crippen LogP contribution in [0.5, 0.6) is 0 Å². The third kappa shape index (κ3) is 4.24. The Labute approximate surface area is 180 Å². The zero-order chi connectivity index (χ0) is 22.2. The van der Waals surface area contributed by atoms with Gasteiger partial charge < -0.3 is 14.2 Å². The molecule has 2 aromatic heterocycles. The molecule has 3 aromatic rings. The maximum Gasteiger partial charge on any atom is 0.341 e. The molecular weight excluding hydrogens is 439 g/mol. The van der Waals surface area contributed by atoms with Gasteiger partial charge in [-0.3, -0.25) is 4.79 Å². The van der Waals surface area contributed by atoms with Gasteiger partial charge in [-0.25, -0.2) is 9.78 Å². The molecular formula is C20H17Cl2F2N3O3. The van der Waals surface area contributed by atoms with Crippen LogP contribution in [-0.4, -0.2) is 25.2 Å². The highest BCUT2D eigenvalue weighted by atomic mass is 35.5. The van der Waals surface area contributed by atoms with E-state index < -0.39 is 28.6 Å². The summed E-state index contributed by atoms with van der Waals surface area (Å²) >= 11 is 12.1. The Balaban J connectivity index is 2.21. The molecule has 10 heteroatoms. The Morgan fingerprint density at radius 3 is 2.47 bits per heavy atom. The quantitative estimate of drug-likeness (QED) is 0.573. The number of imidazole rings is 1. The van der Waals surface area contributed by atoms with E-state index in [0.29, 0.717) is 17.8 Å². The lowest BCUT2D eigenvalue weighted by molar-refractivity contribution is 0.0131. The lowest BCUT2D eigenvalue weighted by Crippen LogP contribution is -2.24. The fourth-order valence-corrected chi connectivity index (χ4v) is 3.50. The number of halogens is 4. The van der Waals surface area contributed by atoms with Gasteiger partial charge in [0.15, 0.2) is 5.43 Å². The number of carbonyl (C=O) groups is 1. The highest BCUT2D eigenvalue weighted by Gasteiger charge is 2.27. The average molecular weight is 456 g/mol. The summed E-state index contributed by atoms with van der Waals surface area (Å²) in [6.45, 7) is 2.88. The van der Waals surface area contributed by atoms with Crippen LogP contribution in [0, 0.1) is 0 Å². The van der Waals surface area contributed by atoms with Crippen LogP contribution >= 0.6 is 23.2 Å². The summed E-state index contributed by atoms with van der Waals surface area (Å²) in [4.78, 5) is 28.2. The Morgan fingerprint density at radius 2 is 1.93 bits per heavy atom. The summed E-state index contributed by atoms with van der Waals surface area (Å²) < 4.78 is 30.0. The van der Waals surface area contributed by atoms with E-state index in [2.05, 4.69) is 4.98 Å². The van der Waals surface area contributed by atoms with E-state index in [1.165, 1.54) is 35.3 Å². The highest BCUT2D eigenvalue weighted by Crippen LogP contribution is 2.31. The van der Waals surface area contributed by atoms with Crippen molar-refractivity contribution in [2.24, 2.45) is 0 Å². The molecule has 0 aliphatic carbocycles. The van der Waals surface area contributed by atoms with Crippen LogP contribution in [0.4, 0.5) is 8.78 Å². The second-order valence-corrected chi connectivity index (χ2v) is 7.54. The molecule has 0 spiro atoms. The number of nitrogens with zero attached hydrogens (tertiary/aromatic N) is 3. The molecule has 0 radical (unpaired) electrons. The summed E-state index contributed by atoms with van der Waals surface area (Å²) in [6.07, 6.45) is 2.43. The molecule has 158 valence electrons. The predicted molar refractivity (Wildman–Crippen MR) is 110 cm³/mol. The summed E-state index contributed by atoms with van der Waals surface area (Å²) in [7, 11) is 0. The van der Waals surface area contributed by atoms with Crippen molar-refractivity contribution < 1.29 is 18.7 Å². The first-order valence-electron chi connectivity index (χ1n) is 8.88. The summed E-state index contributed by atoms with van der Waals surface area (Å²) in [6, 6.07) is 5.75. The van der Waals surface area contributed by atoms with Crippen molar-refractivity contribution in [1.29, 1.82) is 0 Å². The molecule has 3 rings (SSSR count). The van der Waals surface area contributed by atoms with Gasteiger partial charge in [0, 0.05) is 37.0 Å². The third-order valence-corrected chi connectivity index (χ3v) is 5.29. The van der Waals surface area contributed by atoms with Crippen molar-refractivity contribution in [3.05, 3.63) is 74.0 Å². The number of rotatable bonds is 6. The first-order chi connectivity index (χ1) is 14.0. The van der Waals surface area contributed by atoms with E-state index in [1.54, 1.807) is 17.6 Å². The molecule has 0 unspecified atom stereocenters. The van der Waals surface area contributed by atoms with Crippen molar-refractivity contribution in [2.75, 3.05) is 0 Å². The van der Waals surface area contributed by atoms with E-state index in [-0.39, 0.29) is 22.3 Å². The molecule has 30 heavy (non-hydrogen) atoms. The topological polar surface area (TPSA) is 77.1 Å². The van der Waals surface area contributed by atoms with Gasteiger partial charge in [-0.2, -0.15) is 8.78 Å². The second-order valence-electron chi connectivity index (χ2n) is 6.72. The van der Waals surface area contributed by atoms with Crippen LogP contribution in [-0.2, 0) is 19.0 Å². The number of aromatic carboxylic acids is 1. The maximum atomic E-state index is 13.5. The number of benzene rings is 1. The monoisotopic (exact) mass is 455 g/mol. The Kier molecular flexibility index (Phi) is 6.01. The van der Waals surface area contributed by atoms with Crippen molar-refractivity contribution in [3.63, 3.8) is 0 Å². The number of alkyl halides is 2. The number of pyridine rings is 1. The molecule has 0 atom stereocenters. The fraction of sp³-hybridized carbons (Fsp3) is 0.250. The summed E-state index contributed by atoms with van der Waals surface area (Å²) in [5.74, 6) is -4.49. The number of hydrogen-bond acceptors (Lipinski definition) is 3. The third-order valence-electron chi connectivity index (χ3n) is 4.55. The van der Waals surface area contributed by atoms with Gasteiger partial charge in [0.05, 0.1) is 28.6 Å². The largest absolute Gasteiger partial charge is 0.477 e. The van der Waals surface area contributed by atoms with Gasteiger partial charge in [-0.1, -0.05) is 29.3 Å². The van der Waals surface area contributed by atoms with Gasteiger partial charge in [0.2, 0.25) is 0 Å². The molecule has 0 bridgehead atoms. The van der Waals surface area contributed by atoms with Gasteiger partial charge in [0.1, 0.15) is 11.3 Å². The number of aromatic nitrogens is 3. The van der Waals surface area contributed by atoms with Crippen LogP contribution in [0.15, 0.2) is 41.6 Å². The minimum atomic E-state index is -3.10. The van der Waals surface area contributed by atoms with Crippen molar-refractivity contribution in [1.82, 2.24) is 14.1 Å².